The minimum Gasteiger partial charge on any atom is -0.397 e. The molecule has 1 atom stereocenters. The molecule has 4 N–H and O–H groups in total. The van der Waals surface area contributed by atoms with E-state index in [1.807, 2.05) is 0 Å². The van der Waals surface area contributed by atoms with Gasteiger partial charge in [0, 0.05) is 13.3 Å². The molecule has 0 amide bonds. The molecule has 0 radical (unpaired) electrons. The van der Waals surface area contributed by atoms with Gasteiger partial charge >= 0.3 is 0 Å². The van der Waals surface area contributed by atoms with Gasteiger partial charge in [-0.15, -0.1) is 0 Å². The Labute approximate surface area is 71.5 Å². The number of pyridine rings is 1. The third-order valence-electron chi connectivity index (χ3n) is 1.63. The fraction of sp³-hybridized carbons (Fsp3) is 0.375. The summed E-state index contributed by atoms with van der Waals surface area (Å²) in [4.78, 5) is 3.87. The van der Waals surface area contributed by atoms with Crippen LogP contribution in [0.2, 0.25) is 0 Å². The van der Waals surface area contributed by atoms with E-state index in [9.17, 15) is 0 Å². The lowest BCUT2D eigenvalue weighted by atomic mass is 10.1. The van der Waals surface area contributed by atoms with Gasteiger partial charge in [-0.2, -0.15) is 0 Å². The minimum atomic E-state index is -0.169. The van der Waals surface area contributed by atoms with E-state index >= 15 is 0 Å². The fourth-order valence-electron chi connectivity index (χ4n) is 1.02. The number of methoxy groups -OCH3 is 1. The number of nitrogen functional groups attached to an aromatic ring is 1. The standard InChI is InChI=1S/C8H13N3O/c1-12-5-8(10)6-2-3-11-4-7(6)9/h2-4,8H,5,9-10H2,1H3/t8-/m1/s1. The van der Waals surface area contributed by atoms with E-state index in [1.54, 1.807) is 25.6 Å². The van der Waals surface area contributed by atoms with Crippen LogP contribution in [0, 0.1) is 0 Å². The van der Waals surface area contributed by atoms with Crippen molar-refractivity contribution in [1.82, 2.24) is 4.98 Å². The van der Waals surface area contributed by atoms with Crippen molar-refractivity contribution in [3.63, 3.8) is 0 Å². The smallest absolute Gasteiger partial charge is 0.0656 e. The highest BCUT2D eigenvalue weighted by Crippen LogP contribution is 2.16. The molecule has 0 saturated carbocycles. The predicted molar refractivity (Wildman–Crippen MR) is 47.5 cm³/mol. The van der Waals surface area contributed by atoms with Crippen LogP contribution in [-0.2, 0) is 4.74 Å². The molecule has 1 aromatic heterocycles. The Hall–Kier alpha value is -1.13. The van der Waals surface area contributed by atoms with Crippen LogP contribution in [0.3, 0.4) is 0 Å². The zero-order valence-corrected chi connectivity index (χ0v) is 7.03. The van der Waals surface area contributed by atoms with Gasteiger partial charge in [0.15, 0.2) is 0 Å². The number of rotatable bonds is 3. The van der Waals surface area contributed by atoms with Gasteiger partial charge in [0.25, 0.3) is 0 Å². The minimum absolute atomic E-state index is 0.169. The van der Waals surface area contributed by atoms with E-state index in [-0.39, 0.29) is 6.04 Å². The van der Waals surface area contributed by atoms with Crippen molar-refractivity contribution in [3.8, 4) is 0 Å². The van der Waals surface area contributed by atoms with Gasteiger partial charge in [0.1, 0.15) is 0 Å². The van der Waals surface area contributed by atoms with Crippen LogP contribution in [0.15, 0.2) is 18.5 Å². The zero-order chi connectivity index (χ0) is 8.97. The summed E-state index contributed by atoms with van der Waals surface area (Å²) >= 11 is 0. The molecule has 1 heterocycles. The van der Waals surface area contributed by atoms with Gasteiger partial charge in [-0.25, -0.2) is 0 Å². The number of nitrogens with two attached hydrogens (primary N) is 2. The number of nitrogens with zero attached hydrogens (tertiary/aromatic N) is 1. The van der Waals surface area contributed by atoms with Crippen molar-refractivity contribution < 1.29 is 4.74 Å². The van der Waals surface area contributed by atoms with Gasteiger partial charge in [0.2, 0.25) is 0 Å². The summed E-state index contributed by atoms with van der Waals surface area (Å²) in [6.07, 6.45) is 3.26. The van der Waals surface area contributed by atoms with E-state index in [0.29, 0.717) is 12.3 Å². The predicted octanol–water partition coefficient (Wildman–Crippen LogP) is 0.310. The van der Waals surface area contributed by atoms with Crippen LogP contribution in [0.25, 0.3) is 0 Å². The Morgan fingerprint density at radius 3 is 3.00 bits per heavy atom. The largest absolute Gasteiger partial charge is 0.397 e. The van der Waals surface area contributed by atoms with Crippen molar-refractivity contribution in [2.45, 2.75) is 6.04 Å². The molecule has 0 aliphatic rings. The normalized spacial score (nSPS) is 12.8. The maximum Gasteiger partial charge on any atom is 0.0656 e. The SMILES string of the molecule is COC[C@@H](N)c1ccncc1N. The van der Waals surface area contributed by atoms with Gasteiger partial charge in [0.05, 0.1) is 24.5 Å². The molecule has 4 heteroatoms. The Morgan fingerprint density at radius 2 is 2.42 bits per heavy atom. The van der Waals surface area contributed by atoms with Crippen LogP contribution in [-0.4, -0.2) is 18.7 Å². The van der Waals surface area contributed by atoms with E-state index < -0.39 is 0 Å². The average Bonchev–Trinajstić information content (AvgIpc) is 2.05. The second kappa shape index (κ2) is 4.04. The van der Waals surface area contributed by atoms with Crippen LogP contribution < -0.4 is 11.5 Å². The molecule has 0 aliphatic carbocycles. The van der Waals surface area contributed by atoms with Gasteiger partial charge in [-0.1, -0.05) is 0 Å². The highest BCUT2D eigenvalue weighted by molar-refractivity contribution is 5.45. The van der Waals surface area contributed by atoms with E-state index in [1.165, 1.54) is 0 Å². The van der Waals surface area contributed by atoms with Crippen molar-refractivity contribution in [2.24, 2.45) is 5.73 Å². The topological polar surface area (TPSA) is 74.2 Å². The highest BCUT2D eigenvalue weighted by Gasteiger charge is 2.07. The van der Waals surface area contributed by atoms with Gasteiger partial charge in [-0.3, -0.25) is 4.98 Å². The first-order valence-electron chi connectivity index (χ1n) is 3.69. The van der Waals surface area contributed by atoms with E-state index in [4.69, 9.17) is 16.2 Å². The number of ether oxygens (including phenoxy) is 1. The second-order valence-corrected chi connectivity index (χ2v) is 2.57. The van der Waals surface area contributed by atoms with Crippen LogP contribution in [0.5, 0.6) is 0 Å². The Morgan fingerprint density at radius 1 is 1.67 bits per heavy atom. The molecule has 0 bridgehead atoms. The lowest BCUT2D eigenvalue weighted by Gasteiger charge is -2.12. The lowest BCUT2D eigenvalue weighted by molar-refractivity contribution is 0.181. The molecular formula is C8H13N3O. The number of aromatic nitrogens is 1. The number of hydrogen-bond acceptors (Lipinski definition) is 4. The summed E-state index contributed by atoms with van der Waals surface area (Å²) < 4.78 is 4.91. The Bertz CT molecular complexity index is 252. The summed E-state index contributed by atoms with van der Waals surface area (Å²) in [6, 6.07) is 1.64. The Kier molecular flexibility index (Phi) is 3.01. The lowest BCUT2D eigenvalue weighted by Crippen LogP contribution is -2.17. The maximum atomic E-state index is 5.77. The zero-order valence-electron chi connectivity index (χ0n) is 7.03. The van der Waals surface area contributed by atoms with Crippen molar-refractivity contribution >= 4 is 5.69 Å². The van der Waals surface area contributed by atoms with Crippen molar-refractivity contribution in [2.75, 3.05) is 19.5 Å². The van der Waals surface area contributed by atoms with Crippen molar-refractivity contribution in [3.05, 3.63) is 24.0 Å². The van der Waals surface area contributed by atoms with Crippen LogP contribution >= 0.6 is 0 Å². The second-order valence-electron chi connectivity index (χ2n) is 2.57. The molecular weight excluding hydrogens is 154 g/mol. The molecule has 12 heavy (non-hydrogen) atoms. The third kappa shape index (κ3) is 1.93. The molecule has 0 fully saturated rings. The molecule has 0 unspecified atom stereocenters. The molecule has 0 aliphatic heterocycles. The average molecular weight is 167 g/mol. The van der Waals surface area contributed by atoms with Crippen LogP contribution in [0.1, 0.15) is 11.6 Å². The molecule has 0 saturated heterocycles. The molecule has 0 aromatic carbocycles. The summed E-state index contributed by atoms with van der Waals surface area (Å²) in [7, 11) is 1.61. The summed E-state index contributed by atoms with van der Waals surface area (Å²) in [6.45, 7) is 0.466. The van der Waals surface area contributed by atoms with E-state index in [0.717, 1.165) is 5.56 Å². The summed E-state index contributed by atoms with van der Waals surface area (Å²) in [5.41, 5.74) is 12.9. The molecule has 1 aromatic rings. The first kappa shape index (κ1) is 8.96. The summed E-state index contributed by atoms with van der Waals surface area (Å²) in [5.74, 6) is 0. The third-order valence-corrected chi connectivity index (χ3v) is 1.63. The monoisotopic (exact) mass is 167 g/mol. The molecule has 4 nitrogen and oxygen atoms in total. The first-order valence-corrected chi connectivity index (χ1v) is 3.69. The number of hydrogen-bond donors (Lipinski definition) is 2. The van der Waals surface area contributed by atoms with Crippen molar-refractivity contribution in [1.29, 1.82) is 0 Å². The molecule has 66 valence electrons. The number of anilines is 1. The Balaban J connectivity index is 2.79. The van der Waals surface area contributed by atoms with E-state index in [2.05, 4.69) is 4.98 Å². The first-order chi connectivity index (χ1) is 5.75. The highest BCUT2D eigenvalue weighted by atomic mass is 16.5. The van der Waals surface area contributed by atoms with Gasteiger partial charge < -0.3 is 16.2 Å². The fourth-order valence-corrected chi connectivity index (χ4v) is 1.02. The van der Waals surface area contributed by atoms with Gasteiger partial charge in [-0.05, 0) is 11.6 Å². The molecule has 0 spiro atoms. The molecule has 1 rings (SSSR count). The quantitative estimate of drug-likeness (QED) is 0.679. The maximum absolute atomic E-state index is 5.77. The van der Waals surface area contributed by atoms with Crippen LogP contribution in [0.4, 0.5) is 5.69 Å². The summed E-state index contributed by atoms with van der Waals surface area (Å²) in [5, 5.41) is 0.